The number of carbonyl (C=O) groups excluding carboxylic acids is 3. The van der Waals surface area contributed by atoms with E-state index in [1.54, 1.807) is 18.4 Å². The molecule has 0 aliphatic heterocycles. The predicted molar refractivity (Wildman–Crippen MR) is 105 cm³/mol. The zero-order valence-corrected chi connectivity index (χ0v) is 16.9. The van der Waals surface area contributed by atoms with Crippen molar-refractivity contribution >= 4 is 35.4 Å². The number of hydrogen-bond donors (Lipinski definition) is 1. The number of thioether (sulfide) groups is 1. The Morgan fingerprint density at radius 2 is 1.79 bits per heavy atom. The molecule has 0 aliphatic rings. The van der Waals surface area contributed by atoms with Crippen LogP contribution in [0.4, 0.5) is 5.82 Å². The van der Waals surface area contributed by atoms with Crippen LogP contribution in [-0.2, 0) is 25.6 Å². The smallest absolute Gasteiger partial charge is 0.358 e. The lowest BCUT2D eigenvalue weighted by Crippen LogP contribution is -2.21. The number of amides is 1. The van der Waals surface area contributed by atoms with Gasteiger partial charge in [0.15, 0.2) is 16.7 Å². The van der Waals surface area contributed by atoms with Gasteiger partial charge in [0, 0.05) is 0 Å². The lowest BCUT2D eigenvalue weighted by atomic mass is 10.2. The van der Waals surface area contributed by atoms with Gasteiger partial charge < -0.3 is 19.4 Å². The summed E-state index contributed by atoms with van der Waals surface area (Å²) in [5.41, 5.74) is 1.09. The van der Waals surface area contributed by atoms with E-state index in [0.29, 0.717) is 11.7 Å². The quantitative estimate of drug-likeness (QED) is 0.389. The van der Waals surface area contributed by atoms with Gasteiger partial charge in [0.1, 0.15) is 6.42 Å². The lowest BCUT2D eigenvalue weighted by Gasteiger charge is -2.11. The van der Waals surface area contributed by atoms with Crippen molar-refractivity contribution in [2.24, 2.45) is 0 Å². The first-order valence-electron chi connectivity index (χ1n) is 8.81. The van der Waals surface area contributed by atoms with Crippen LogP contribution >= 0.6 is 11.8 Å². The number of hydrogen-bond acceptors (Lipinski definition) is 7. The maximum Gasteiger partial charge on any atom is 0.358 e. The second-order valence-electron chi connectivity index (χ2n) is 5.62. The predicted octanol–water partition coefficient (Wildman–Crippen LogP) is 2.72. The molecular formula is C19H23N3O5S. The van der Waals surface area contributed by atoms with Crippen LogP contribution in [0.25, 0.3) is 0 Å². The summed E-state index contributed by atoms with van der Waals surface area (Å²) in [7, 11) is 0. The molecule has 1 N–H and O–H groups in total. The zero-order chi connectivity index (χ0) is 20.5. The van der Waals surface area contributed by atoms with Crippen LogP contribution < -0.4 is 5.32 Å². The van der Waals surface area contributed by atoms with Crippen molar-refractivity contribution in [1.82, 2.24) is 9.55 Å². The van der Waals surface area contributed by atoms with Gasteiger partial charge in [0.2, 0.25) is 5.91 Å². The number of imidazole rings is 1. The van der Waals surface area contributed by atoms with Crippen molar-refractivity contribution in [2.75, 3.05) is 24.8 Å². The molecule has 0 atom stereocenters. The first-order chi connectivity index (χ1) is 13.5. The second-order valence-corrected chi connectivity index (χ2v) is 6.39. The maximum absolute atomic E-state index is 12.6. The summed E-state index contributed by atoms with van der Waals surface area (Å²) in [6, 6.07) is 9.56. The van der Waals surface area contributed by atoms with E-state index in [1.165, 1.54) is 11.8 Å². The van der Waals surface area contributed by atoms with Crippen molar-refractivity contribution in [2.45, 2.75) is 32.0 Å². The number of anilines is 1. The van der Waals surface area contributed by atoms with Gasteiger partial charge in [-0.1, -0.05) is 42.1 Å². The largest absolute Gasteiger partial charge is 0.466 e. The molecule has 0 fully saturated rings. The topological polar surface area (TPSA) is 99.5 Å². The monoisotopic (exact) mass is 405 g/mol. The molecule has 1 aromatic heterocycles. The van der Waals surface area contributed by atoms with Crippen molar-refractivity contribution in [3.63, 3.8) is 0 Å². The second kappa shape index (κ2) is 10.5. The molecule has 0 saturated heterocycles. The molecule has 2 aromatic rings. The van der Waals surface area contributed by atoms with E-state index in [-0.39, 0.29) is 24.7 Å². The molecule has 0 saturated carbocycles. The van der Waals surface area contributed by atoms with Gasteiger partial charge in [-0.25, -0.2) is 9.78 Å². The minimum Gasteiger partial charge on any atom is -0.466 e. The Morgan fingerprint density at radius 1 is 1.11 bits per heavy atom. The third-order valence-electron chi connectivity index (χ3n) is 3.64. The first-order valence-corrected chi connectivity index (χ1v) is 10.0. The van der Waals surface area contributed by atoms with Crippen LogP contribution in [0.1, 0.15) is 36.3 Å². The number of ether oxygens (including phenoxy) is 2. The van der Waals surface area contributed by atoms with Crippen LogP contribution in [0.2, 0.25) is 0 Å². The van der Waals surface area contributed by atoms with E-state index in [4.69, 9.17) is 9.47 Å². The van der Waals surface area contributed by atoms with Crippen LogP contribution in [0.15, 0.2) is 35.5 Å². The Labute approximate surface area is 167 Å². The molecule has 8 nitrogen and oxygen atoms in total. The molecule has 1 amide bonds. The van der Waals surface area contributed by atoms with E-state index in [0.717, 1.165) is 5.56 Å². The summed E-state index contributed by atoms with van der Waals surface area (Å²) in [4.78, 5) is 40.6. The van der Waals surface area contributed by atoms with Gasteiger partial charge in [-0.3, -0.25) is 9.59 Å². The van der Waals surface area contributed by atoms with Crippen LogP contribution in [0.5, 0.6) is 0 Å². The van der Waals surface area contributed by atoms with Gasteiger partial charge in [-0.2, -0.15) is 0 Å². The van der Waals surface area contributed by atoms with Crippen LogP contribution in [0.3, 0.4) is 0 Å². The fourth-order valence-electron chi connectivity index (χ4n) is 2.51. The Balaban J connectivity index is 2.37. The fraction of sp³-hybridized carbons (Fsp3) is 0.368. The van der Waals surface area contributed by atoms with E-state index >= 15 is 0 Å². The molecule has 0 radical (unpaired) electrons. The third-order valence-corrected chi connectivity index (χ3v) is 4.31. The Morgan fingerprint density at radius 3 is 2.39 bits per heavy atom. The molecule has 2 rings (SSSR count). The summed E-state index contributed by atoms with van der Waals surface area (Å²) in [5.74, 6) is -1.79. The van der Waals surface area contributed by atoms with Crippen molar-refractivity contribution in [3.05, 3.63) is 41.6 Å². The van der Waals surface area contributed by atoms with E-state index in [1.807, 2.05) is 36.6 Å². The molecule has 0 spiro atoms. The van der Waals surface area contributed by atoms with Gasteiger partial charge in [-0.05, 0) is 25.7 Å². The fourth-order valence-corrected chi connectivity index (χ4v) is 3.07. The van der Waals surface area contributed by atoms with Crippen molar-refractivity contribution < 1.29 is 23.9 Å². The highest BCUT2D eigenvalue weighted by Gasteiger charge is 2.26. The van der Waals surface area contributed by atoms with Gasteiger partial charge in [-0.15, -0.1) is 0 Å². The number of aromatic nitrogens is 2. The first kappa shape index (κ1) is 21.5. The number of nitrogens with zero attached hydrogens (tertiary/aromatic N) is 2. The number of esters is 2. The standard InChI is InChI=1S/C19H23N3O5S/c1-4-26-15(24)11-14(23)20-17-16(18(25)27-5-2)22(19(21-17)28-3)12-13-9-7-6-8-10-13/h6-10H,4-5,11-12H2,1-3H3,(H,20,23). The molecule has 0 unspecified atom stereocenters. The summed E-state index contributed by atoms with van der Waals surface area (Å²) >= 11 is 1.34. The molecule has 28 heavy (non-hydrogen) atoms. The van der Waals surface area contributed by atoms with E-state index in [9.17, 15) is 14.4 Å². The number of rotatable bonds is 9. The Hall–Kier alpha value is -2.81. The summed E-state index contributed by atoms with van der Waals surface area (Å²) in [6.07, 6.45) is 1.36. The highest BCUT2D eigenvalue weighted by molar-refractivity contribution is 7.98. The minimum atomic E-state index is -0.647. The number of benzene rings is 1. The lowest BCUT2D eigenvalue weighted by molar-refractivity contribution is -0.145. The van der Waals surface area contributed by atoms with E-state index < -0.39 is 24.3 Å². The van der Waals surface area contributed by atoms with Gasteiger partial charge in [0.25, 0.3) is 0 Å². The normalized spacial score (nSPS) is 10.4. The minimum absolute atomic E-state index is 0.0630. The summed E-state index contributed by atoms with van der Waals surface area (Å²) < 4.78 is 11.6. The molecule has 1 heterocycles. The van der Waals surface area contributed by atoms with Crippen molar-refractivity contribution in [1.29, 1.82) is 0 Å². The summed E-state index contributed by atoms with van der Waals surface area (Å²) in [6.45, 7) is 4.10. The highest BCUT2D eigenvalue weighted by atomic mass is 32.2. The zero-order valence-electron chi connectivity index (χ0n) is 16.1. The molecule has 150 valence electrons. The highest BCUT2D eigenvalue weighted by Crippen LogP contribution is 2.26. The van der Waals surface area contributed by atoms with Gasteiger partial charge in [0.05, 0.1) is 19.8 Å². The molecule has 0 aliphatic carbocycles. The number of nitrogens with one attached hydrogen (secondary N) is 1. The molecular weight excluding hydrogens is 382 g/mol. The third kappa shape index (κ3) is 5.59. The van der Waals surface area contributed by atoms with Crippen LogP contribution in [-0.4, -0.2) is 46.9 Å². The Bertz CT molecular complexity index is 836. The van der Waals surface area contributed by atoms with E-state index in [2.05, 4.69) is 10.3 Å². The van der Waals surface area contributed by atoms with Crippen molar-refractivity contribution in [3.8, 4) is 0 Å². The molecule has 1 aromatic carbocycles. The molecule has 0 bridgehead atoms. The Kier molecular flexibility index (Phi) is 8.06. The summed E-state index contributed by atoms with van der Waals surface area (Å²) in [5, 5.41) is 3.07. The maximum atomic E-state index is 12.6. The van der Waals surface area contributed by atoms with Crippen LogP contribution in [0, 0.1) is 0 Å². The average molecular weight is 405 g/mol. The average Bonchev–Trinajstić information content (AvgIpc) is 2.99. The number of carbonyl (C=O) groups is 3. The van der Waals surface area contributed by atoms with Gasteiger partial charge >= 0.3 is 11.9 Å². The molecule has 9 heteroatoms. The SMILES string of the molecule is CCOC(=O)CC(=O)Nc1nc(SC)n(Cc2ccccc2)c1C(=O)OCC.